The van der Waals surface area contributed by atoms with Crippen molar-refractivity contribution < 1.29 is 87.2 Å². The van der Waals surface area contributed by atoms with Crippen molar-refractivity contribution in [3.05, 3.63) is 35.9 Å². The molecule has 16 atom stereocenters. The highest BCUT2D eigenvalue weighted by Crippen LogP contribution is 2.28. The Morgan fingerprint density at radius 3 is 1.56 bits per heavy atom. The molecule has 5 aliphatic heterocycles. The van der Waals surface area contributed by atoms with Gasteiger partial charge in [-0.1, -0.05) is 83.7 Å². The lowest BCUT2D eigenvalue weighted by atomic mass is 9.96. The maximum Gasteiger partial charge on any atom is 0.305 e. The number of nitrogens with one attached hydrogen (secondary N) is 11. The Hall–Kier alpha value is -9.58. The first kappa shape index (κ1) is 84.4. The summed E-state index contributed by atoms with van der Waals surface area (Å²) >= 11 is 0. The molecule has 0 radical (unpaired) electrons. The number of benzene rings is 1. The smallest absolute Gasteiger partial charge is 0.305 e. The van der Waals surface area contributed by atoms with E-state index in [-0.39, 0.29) is 129 Å². The molecule has 6 rings (SSSR count). The van der Waals surface area contributed by atoms with Crippen LogP contribution in [0.15, 0.2) is 35.3 Å². The van der Waals surface area contributed by atoms with E-state index in [4.69, 9.17) is 17.2 Å². The highest BCUT2D eigenvalue weighted by atomic mass is 16.4. The molecule has 5 saturated heterocycles. The van der Waals surface area contributed by atoms with Crippen molar-refractivity contribution in [2.24, 2.45) is 34.0 Å². The van der Waals surface area contributed by atoms with E-state index in [0.717, 1.165) is 6.92 Å². The van der Waals surface area contributed by atoms with Gasteiger partial charge in [0, 0.05) is 32.6 Å². The topological polar surface area (TPSA) is 549 Å². The first-order chi connectivity index (χ1) is 50.0. The van der Waals surface area contributed by atoms with Crippen LogP contribution in [-0.2, 0) is 78.3 Å². The van der Waals surface area contributed by atoms with Gasteiger partial charge in [-0.25, -0.2) is 0 Å². The molecule has 5 heterocycles. The number of guanidine groups is 1. The van der Waals surface area contributed by atoms with E-state index in [9.17, 15) is 72.9 Å². The summed E-state index contributed by atoms with van der Waals surface area (Å²) in [5.74, 6) is -16.1. The third-order valence-corrected chi connectivity index (χ3v) is 20.0. The highest BCUT2D eigenvalue weighted by molar-refractivity contribution is 6.01. The maximum atomic E-state index is 15.3. The van der Waals surface area contributed by atoms with E-state index in [1.807, 2.05) is 0 Å². The molecule has 0 saturated carbocycles. The summed E-state index contributed by atoms with van der Waals surface area (Å²) in [6.45, 7) is 6.29. The molecule has 0 aliphatic carbocycles. The monoisotopic (exact) mass is 1480 g/mol. The molecule has 0 unspecified atom stereocenters. The summed E-state index contributed by atoms with van der Waals surface area (Å²) in [7, 11) is 0. The number of nitrogens with zero attached hydrogens (tertiary/aromatic N) is 4. The van der Waals surface area contributed by atoms with Crippen molar-refractivity contribution in [2.45, 2.75) is 241 Å². The first-order valence-electron chi connectivity index (χ1n) is 36.5. The minimum absolute atomic E-state index is 0.0000201. The zero-order valence-corrected chi connectivity index (χ0v) is 60.5. The van der Waals surface area contributed by atoms with Gasteiger partial charge in [-0.05, 0) is 114 Å². The summed E-state index contributed by atoms with van der Waals surface area (Å²) < 4.78 is 0. The number of carbonyl (C=O) groups is 15. The molecular formula is C69H108N18O18. The molecule has 105 heavy (non-hydrogen) atoms. The number of aliphatic hydroxyl groups is 2. The number of amides is 14. The minimum atomic E-state index is -1.93. The SMILES string of the molecule is CC[C@H](C)[C@@H]1NC(=O)[C@H](CO)NC(=O)[C@H](CCCCN)NC(=O)[C@H]([C@@H](C)O)NC(=O)[C@@H]2CCCC[C@@H](NC(=O)[C@@H]([C@@H](C)CC)NC(=O)[C@@H]3CCCN3C(=O)[C@@H]3CCCN3C1=O)C(=O)N[C@@H](Cc1ccccc1)C(=O)N1CCC[C@H]1C(=O)N[C@@H](CC(=O)O)C(=O)NCC(=O)N[C@@H](CCCN=C(N)N)C(=O)N2. The molecule has 0 aromatic heterocycles. The fourth-order valence-electron chi connectivity index (χ4n) is 13.6. The average molecular weight is 1480 g/mol. The van der Waals surface area contributed by atoms with E-state index >= 15 is 14.4 Å². The number of nitrogens with two attached hydrogens (primary N) is 3. The van der Waals surface area contributed by atoms with Crippen LogP contribution in [-0.4, -0.2) is 255 Å². The first-order valence-corrected chi connectivity index (χ1v) is 36.5. The van der Waals surface area contributed by atoms with Gasteiger partial charge < -0.3 is 106 Å². The van der Waals surface area contributed by atoms with E-state index < -0.39 is 205 Å². The summed E-state index contributed by atoms with van der Waals surface area (Å²) in [6.07, 6.45) is -1.76. The number of carboxylic acids is 1. The number of rotatable bonds is 18. The fraction of sp³-hybridized carbons (Fsp3) is 0.681. The molecule has 1 aromatic carbocycles. The summed E-state index contributed by atoms with van der Waals surface area (Å²) in [5.41, 5.74) is 17.5. The molecule has 5 fully saturated rings. The predicted molar refractivity (Wildman–Crippen MR) is 378 cm³/mol. The second kappa shape index (κ2) is 41.2. The highest BCUT2D eigenvalue weighted by Gasteiger charge is 2.47. The van der Waals surface area contributed by atoms with Crippen LogP contribution in [0.3, 0.4) is 0 Å². The van der Waals surface area contributed by atoms with Crippen LogP contribution in [0.5, 0.6) is 0 Å². The third-order valence-electron chi connectivity index (χ3n) is 20.0. The van der Waals surface area contributed by atoms with Crippen LogP contribution in [0, 0.1) is 11.8 Å². The van der Waals surface area contributed by atoms with Crippen molar-refractivity contribution in [2.75, 3.05) is 45.9 Å². The number of hydrogen-bond acceptors (Lipinski definition) is 19. The van der Waals surface area contributed by atoms with Gasteiger partial charge >= 0.3 is 5.97 Å². The summed E-state index contributed by atoms with van der Waals surface area (Å²) in [4.78, 5) is 225. The van der Waals surface area contributed by atoms with Gasteiger partial charge in [0.1, 0.15) is 78.5 Å². The Morgan fingerprint density at radius 1 is 0.505 bits per heavy atom. The lowest BCUT2D eigenvalue weighted by molar-refractivity contribution is -0.149. The molecule has 5 aliphatic rings. The Bertz CT molecular complexity index is 3290. The second-order valence-electron chi connectivity index (χ2n) is 27.7. The van der Waals surface area contributed by atoms with E-state index in [0.29, 0.717) is 31.2 Å². The normalized spacial score (nSPS) is 28.5. The van der Waals surface area contributed by atoms with Crippen molar-refractivity contribution in [3.63, 3.8) is 0 Å². The van der Waals surface area contributed by atoms with Crippen LogP contribution in [0.2, 0.25) is 0 Å². The quantitative estimate of drug-likeness (QED) is 0.0371. The van der Waals surface area contributed by atoms with Gasteiger partial charge in [-0.2, -0.15) is 0 Å². The van der Waals surface area contributed by atoms with Crippen molar-refractivity contribution in [1.29, 1.82) is 0 Å². The zero-order valence-electron chi connectivity index (χ0n) is 60.5. The van der Waals surface area contributed by atoms with Gasteiger partial charge in [-0.3, -0.25) is 76.9 Å². The molecule has 14 amide bonds. The average Bonchev–Trinajstić information content (AvgIpc) is 1.68. The van der Waals surface area contributed by atoms with Gasteiger partial charge in [0.15, 0.2) is 5.96 Å². The standard InChI is InChI=1S/C69H108N18O18/c1-6-37(3)53-64(101)77-42-21-11-12-22-44(76-57(94)41(24-15-29-73-69(71)72)75-51(90)35-74-56(93)45(34-52(91)92)79-62(99)48-25-16-30-85(48)66(103)46(80-58(42)95)33-40-19-9-8-10-20-40)60(97)84-55(39(5)89)65(102)78-43(23-13-14-28-70)59(96)81-47(36-88)61(98)83-54(38(4)7-2)68(105)87-32-18-27-50(87)67(104)86-31-17-26-49(86)63(100)82-53/h8-10,19-20,37-39,41-50,53-55,88-89H,6-7,11-18,21-36,70H2,1-5H3,(H,74,93)(H,75,90)(H,76,94)(H,77,101)(H,78,102)(H,79,99)(H,80,95)(H,81,96)(H,82,100)(H,83,98)(H,84,97)(H,91,92)(H4,71,72,73)/t37-,38-,39+,41-,42+,43-,44-,45-,46-,47-,48-,49-,50-,53+,54-,55-/m0/s1. The van der Waals surface area contributed by atoms with Gasteiger partial charge in [-0.15, -0.1) is 0 Å². The molecular weight excluding hydrogens is 1370 g/mol. The Labute approximate surface area is 609 Å². The molecule has 1 aromatic rings. The second-order valence-corrected chi connectivity index (χ2v) is 27.7. The van der Waals surface area contributed by atoms with Crippen LogP contribution >= 0.6 is 0 Å². The number of carbonyl (C=O) groups excluding carboxylic acids is 14. The maximum absolute atomic E-state index is 15.3. The predicted octanol–water partition coefficient (Wildman–Crippen LogP) is -5.12. The van der Waals surface area contributed by atoms with Crippen molar-refractivity contribution in [1.82, 2.24) is 73.2 Å². The molecule has 36 heteroatoms. The molecule has 20 N–H and O–H groups in total. The van der Waals surface area contributed by atoms with Crippen LogP contribution in [0.1, 0.15) is 156 Å². The number of hydrogen-bond donors (Lipinski definition) is 17. The van der Waals surface area contributed by atoms with E-state index in [2.05, 4.69) is 63.5 Å². The van der Waals surface area contributed by atoms with E-state index in [1.54, 1.807) is 58.0 Å². The lowest BCUT2D eigenvalue weighted by Gasteiger charge is -2.35. The third kappa shape index (κ3) is 24.2. The van der Waals surface area contributed by atoms with Crippen LogP contribution < -0.4 is 75.7 Å². The Kier molecular flexibility index (Phi) is 33.1. The number of aliphatic imine (C=N–C) groups is 1. The lowest BCUT2D eigenvalue weighted by Crippen LogP contribution is -2.62. The molecule has 0 spiro atoms. The number of fused-ring (bicyclic) bond motifs is 8. The van der Waals surface area contributed by atoms with Gasteiger partial charge in [0.05, 0.1) is 25.7 Å². The molecule has 582 valence electrons. The summed E-state index contributed by atoms with van der Waals surface area (Å²) in [5, 5.41) is 60.3. The van der Waals surface area contributed by atoms with Gasteiger partial charge in [0.2, 0.25) is 82.7 Å². The van der Waals surface area contributed by atoms with E-state index in [1.165, 1.54) is 14.7 Å². The number of unbranched alkanes of at least 4 members (excludes halogenated alkanes) is 1. The Morgan fingerprint density at radius 2 is 0.981 bits per heavy atom. The number of carboxylic acid groups (broad SMARTS) is 1. The van der Waals surface area contributed by atoms with Crippen molar-refractivity contribution >= 4 is 94.6 Å². The minimum Gasteiger partial charge on any atom is -0.481 e. The largest absolute Gasteiger partial charge is 0.481 e. The zero-order chi connectivity index (χ0) is 77.2. The van der Waals surface area contributed by atoms with Crippen LogP contribution in [0.25, 0.3) is 0 Å². The molecule has 2 bridgehead atoms. The number of aliphatic carboxylic acids is 1. The molecule has 36 nitrogen and oxygen atoms in total. The Balaban J connectivity index is 1.50. The van der Waals surface area contributed by atoms with Crippen molar-refractivity contribution in [3.8, 4) is 0 Å². The van der Waals surface area contributed by atoms with Gasteiger partial charge in [0.25, 0.3) is 0 Å². The number of aliphatic hydroxyl groups excluding tert-OH is 2. The summed E-state index contributed by atoms with van der Waals surface area (Å²) in [6, 6.07) is -11.3. The van der Waals surface area contributed by atoms with Crippen LogP contribution in [0.4, 0.5) is 0 Å². The fourth-order valence-corrected chi connectivity index (χ4v) is 13.6.